The zero-order chi connectivity index (χ0) is 20.0. The number of aryl methyl sites for hydroxylation is 1. The molecule has 0 radical (unpaired) electrons. The second-order valence-electron chi connectivity index (χ2n) is 6.96. The van der Waals surface area contributed by atoms with Crippen LogP contribution in [0.5, 0.6) is 0 Å². The van der Waals surface area contributed by atoms with Crippen LogP contribution in [-0.2, 0) is 6.54 Å². The number of fused-ring (bicyclic) bond motifs is 1. The van der Waals surface area contributed by atoms with Gasteiger partial charge in [-0.25, -0.2) is 18.9 Å². The molecule has 0 saturated carbocycles. The van der Waals surface area contributed by atoms with Crippen LogP contribution in [0.4, 0.5) is 14.9 Å². The van der Waals surface area contributed by atoms with Crippen molar-refractivity contribution in [3.8, 4) is 5.69 Å². The molecule has 2 amide bonds. The van der Waals surface area contributed by atoms with Crippen LogP contribution in [-0.4, -0.2) is 38.8 Å². The van der Waals surface area contributed by atoms with Crippen molar-refractivity contribution in [1.29, 1.82) is 0 Å². The Kier molecular flexibility index (Phi) is 4.28. The minimum atomic E-state index is -0.343. The van der Waals surface area contributed by atoms with Crippen molar-refractivity contribution in [1.82, 2.24) is 19.7 Å². The topological polar surface area (TPSA) is 54.3 Å². The molecule has 2 aromatic carbocycles. The van der Waals surface area contributed by atoms with Gasteiger partial charge in [-0.2, -0.15) is 5.10 Å². The summed E-state index contributed by atoms with van der Waals surface area (Å²) >= 11 is 1.57. The molecule has 1 aliphatic heterocycles. The summed E-state index contributed by atoms with van der Waals surface area (Å²) in [5, 5.41) is 8.13. The number of hydrogen-bond acceptors (Lipinski definition) is 4. The molecule has 0 atom stereocenters. The van der Waals surface area contributed by atoms with Gasteiger partial charge in [-0.3, -0.25) is 4.90 Å². The van der Waals surface area contributed by atoms with E-state index in [0.717, 1.165) is 27.3 Å². The maximum Gasteiger partial charge on any atom is 0.325 e. The molecule has 2 aromatic heterocycles. The van der Waals surface area contributed by atoms with Gasteiger partial charge in [-0.05, 0) is 31.2 Å². The van der Waals surface area contributed by atoms with Gasteiger partial charge in [0.25, 0.3) is 0 Å². The van der Waals surface area contributed by atoms with Crippen LogP contribution in [0.15, 0.2) is 54.0 Å². The van der Waals surface area contributed by atoms with Gasteiger partial charge in [0.2, 0.25) is 0 Å². The van der Waals surface area contributed by atoms with Gasteiger partial charge in [-0.15, -0.1) is 11.3 Å². The number of urea groups is 1. The van der Waals surface area contributed by atoms with Crippen molar-refractivity contribution in [3.05, 3.63) is 70.6 Å². The predicted molar refractivity (Wildman–Crippen MR) is 111 cm³/mol. The van der Waals surface area contributed by atoms with Crippen LogP contribution in [0.1, 0.15) is 10.7 Å². The Hall–Kier alpha value is -3.26. The van der Waals surface area contributed by atoms with Gasteiger partial charge in [0, 0.05) is 29.5 Å². The van der Waals surface area contributed by atoms with Crippen LogP contribution in [0, 0.1) is 12.7 Å². The molecule has 4 aromatic rings. The molecule has 3 heterocycles. The molecule has 29 heavy (non-hydrogen) atoms. The van der Waals surface area contributed by atoms with Crippen molar-refractivity contribution in [2.24, 2.45) is 0 Å². The molecule has 1 saturated heterocycles. The number of benzene rings is 2. The third-order valence-electron chi connectivity index (χ3n) is 5.05. The van der Waals surface area contributed by atoms with Crippen LogP contribution in [0.3, 0.4) is 0 Å². The van der Waals surface area contributed by atoms with E-state index in [0.29, 0.717) is 25.3 Å². The van der Waals surface area contributed by atoms with E-state index >= 15 is 0 Å². The number of aromatic nitrogens is 3. The molecule has 8 heteroatoms. The number of rotatable bonds is 4. The Morgan fingerprint density at radius 1 is 1.10 bits per heavy atom. The molecule has 0 spiro atoms. The molecule has 0 bridgehead atoms. The number of anilines is 1. The first-order valence-electron chi connectivity index (χ1n) is 9.31. The Morgan fingerprint density at radius 3 is 2.72 bits per heavy atom. The number of halogens is 1. The fraction of sp³-hybridized carbons (Fsp3) is 0.190. The summed E-state index contributed by atoms with van der Waals surface area (Å²) in [4.78, 5) is 21.1. The zero-order valence-corrected chi connectivity index (χ0v) is 16.6. The largest absolute Gasteiger partial charge is 0.325 e. The highest BCUT2D eigenvalue weighted by molar-refractivity contribution is 7.09. The third kappa shape index (κ3) is 3.05. The number of hydrogen-bond donors (Lipinski definition) is 0. The molecule has 0 N–H and O–H groups in total. The molecule has 6 nitrogen and oxygen atoms in total. The fourth-order valence-electron chi connectivity index (χ4n) is 3.68. The van der Waals surface area contributed by atoms with E-state index in [4.69, 9.17) is 0 Å². The third-order valence-corrected chi connectivity index (χ3v) is 6.00. The molecular weight excluding hydrogens is 389 g/mol. The average Bonchev–Trinajstić information content (AvgIpc) is 3.42. The number of para-hydroxylation sites is 1. The van der Waals surface area contributed by atoms with Crippen LogP contribution in [0.25, 0.3) is 16.6 Å². The second-order valence-corrected chi connectivity index (χ2v) is 7.90. The minimum absolute atomic E-state index is 0.0519. The lowest BCUT2D eigenvalue weighted by Crippen LogP contribution is -2.31. The lowest BCUT2D eigenvalue weighted by atomic mass is 10.2. The van der Waals surface area contributed by atoms with E-state index in [1.807, 2.05) is 30.5 Å². The van der Waals surface area contributed by atoms with Crippen LogP contribution < -0.4 is 4.90 Å². The molecule has 1 fully saturated rings. The van der Waals surface area contributed by atoms with Gasteiger partial charge >= 0.3 is 6.03 Å². The van der Waals surface area contributed by atoms with E-state index in [1.54, 1.807) is 50.2 Å². The second kappa shape index (κ2) is 6.97. The summed E-state index contributed by atoms with van der Waals surface area (Å²) in [6, 6.07) is 12.1. The van der Waals surface area contributed by atoms with Crippen LogP contribution in [0.2, 0.25) is 0 Å². The lowest BCUT2D eigenvalue weighted by Gasteiger charge is -2.18. The standard InChI is InChI=1S/C21H18FN5OS/c1-14-13-29-20(24-14)12-25-9-10-26(21(25)28)17-7-4-8-18-15(17)11-23-27(18)19-6-3-2-5-16(19)22/h2-8,11,13H,9-10,12H2,1H3. The maximum absolute atomic E-state index is 14.3. The highest BCUT2D eigenvalue weighted by atomic mass is 32.1. The smallest absolute Gasteiger partial charge is 0.316 e. The Morgan fingerprint density at radius 2 is 1.93 bits per heavy atom. The van der Waals surface area contributed by atoms with Crippen molar-refractivity contribution < 1.29 is 9.18 Å². The molecule has 146 valence electrons. The fourth-order valence-corrected chi connectivity index (χ4v) is 4.46. The summed E-state index contributed by atoms with van der Waals surface area (Å²) < 4.78 is 15.8. The molecular formula is C21H18FN5OS. The number of thiazole rings is 1. The van der Waals surface area contributed by atoms with E-state index < -0.39 is 0 Å². The first-order chi connectivity index (χ1) is 14.1. The van der Waals surface area contributed by atoms with Gasteiger partial charge in [0.1, 0.15) is 16.5 Å². The molecule has 0 aliphatic carbocycles. The first kappa shape index (κ1) is 17.8. The Labute approximate surface area is 170 Å². The summed E-state index contributed by atoms with van der Waals surface area (Å²) in [7, 11) is 0. The number of carbonyl (C=O) groups is 1. The van der Waals surface area contributed by atoms with E-state index in [1.165, 1.54) is 6.07 Å². The quantitative estimate of drug-likeness (QED) is 0.505. The van der Waals surface area contributed by atoms with Gasteiger partial charge in [0.05, 0.1) is 23.9 Å². The summed E-state index contributed by atoms with van der Waals surface area (Å²) in [5.41, 5.74) is 2.90. The Bertz CT molecular complexity index is 1220. The van der Waals surface area contributed by atoms with Crippen molar-refractivity contribution in [2.75, 3.05) is 18.0 Å². The van der Waals surface area contributed by atoms with Crippen molar-refractivity contribution in [2.45, 2.75) is 13.5 Å². The minimum Gasteiger partial charge on any atom is -0.316 e. The molecule has 5 rings (SSSR count). The summed E-state index contributed by atoms with van der Waals surface area (Å²) in [6.45, 7) is 3.69. The van der Waals surface area contributed by atoms with Gasteiger partial charge in [-0.1, -0.05) is 18.2 Å². The van der Waals surface area contributed by atoms with E-state index in [2.05, 4.69) is 10.1 Å². The van der Waals surface area contributed by atoms with Gasteiger partial charge in [0.15, 0.2) is 0 Å². The van der Waals surface area contributed by atoms with E-state index in [-0.39, 0.29) is 11.8 Å². The van der Waals surface area contributed by atoms with Gasteiger partial charge < -0.3 is 4.90 Å². The SMILES string of the molecule is Cc1csc(CN2CCN(c3cccc4c3cnn4-c3ccccc3F)C2=O)n1. The highest BCUT2D eigenvalue weighted by Gasteiger charge is 2.31. The number of nitrogens with zero attached hydrogens (tertiary/aromatic N) is 5. The predicted octanol–water partition coefficient (Wildman–Crippen LogP) is 4.37. The van der Waals surface area contributed by atoms with Crippen molar-refractivity contribution >= 4 is 34.0 Å². The number of amides is 2. The number of carbonyl (C=O) groups excluding carboxylic acids is 1. The summed E-state index contributed by atoms with van der Waals surface area (Å²) in [5.74, 6) is -0.343. The normalized spacial score (nSPS) is 14.3. The van der Waals surface area contributed by atoms with Crippen molar-refractivity contribution in [3.63, 3.8) is 0 Å². The average molecular weight is 407 g/mol. The highest BCUT2D eigenvalue weighted by Crippen LogP contribution is 2.31. The lowest BCUT2D eigenvalue weighted by molar-refractivity contribution is 0.218. The van der Waals surface area contributed by atoms with E-state index in [9.17, 15) is 9.18 Å². The maximum atomic E-state index is 14.3. The Balaban J connectivity index is 1.48. The summed E-state index contributed by atoms with van der Waals surface area (Å²) in [6.07, 6.45) is 1.69. The zero-order valence-electron chi connectivity index (χ0n) is 15.7. The monoisotopic (exact) mass is 407 g/mol. The van der Waals surface area contributed by atoms with Crippen LogP contribution >= 0.6 is 11.3 Å². The molecule has 0 unspecified atom stereocenters. The molecule has 1 aliphatic rings. The first-order valence-corrected chi connectivity index (χ1v) is 10.2.